The first-order valence-corrected chi connectivity index (χ1v) is 6.85. The van der Waals surface area contributed by atoms with E-state index in [0.717, 1.165) is 29.8 Å². The quantitative estimate of drug-likeness (QED) is 0.902. The highest BCUT2D eigenvalue weighted by molar-refractivity contribution is 5.45. The van der Waals surface area contributed by atoms with Crippen molar-refractivity contribution in [3.8, 4) is 0 Å². The third kappa shape index (κ3) is 2.47. The first-order chi connectivity index (χ1) is 8.81. The minimum Gasteiger partial charge on any atom is -0.370 e. The maximum Gasteiger partial charge on any atom is 0.157 e. The second-order valence-electron chi connectivity index (χ2n) is 5.45. The van der Waals surface area contributed by atoms with Crippen LogP contribution in [-0.2, 0) is 0 Å². The molecule has 1 aliphatic carbocycles. The molecule has 0 aliphatic heterocycles. The molecule has 2 aromatic heterocycles. The molecular weight excluding hydrogens is 224 g/mol. The highest BCUT2D eigenvalue weighted by atomic mass is 15.2. The lowest BCUT2D eigenvalue weighted by atomic mass is 9.83. The third-order valence-corrected chi connectivity index (χ3v) is 3.97. The monoisotopic (exact) mass is 244 g/mol. The SMILES string of the molecule is CC1CCC(CNc2ccn3nccc3n2)CC1. The number of nitrogens with one attached hydrogen (secondary N) is 1. The molecule has 4 nitrogen and oxygen atoms in total. The van der Waals surface area contributed by atoms with Gasteiger partial charge in [0.2, 0.25) is 0 Å². The molecule has 18 heavy (non-hydrogen) atoms. The van der Waals surface area contributed by atoms with Gasteiger partial charge in [-0.25, -0.2) is 9.50 Å². The summed E-state index contributed by atoms with van der Waals surface area (Å²) in [5.74, 6) is 2.69. The van der Waals surface area contributed by atoms with Gasteiger partial charge in [-0.05, 0) is 30.7 Å². The fourth-order valence-electron chi connectivity index (χ4n) is 2.69. The summed E-state index contributed by atoms with van der Waals surface area (Å²) < 4.78 is 1.79. The molecule has 1 aliphatic rings. The molecule has 0 saturated heterocycles. The average Bonchev–Trinajstić information content (AvgIpc) is 2.85. The number of hydrogen-bond acceptors (Lipinski definition) is 3. The molecule has 2 aromatic rings. The number of aromatic nitrogens is 3. The summed E-state index contributed by atoms with van der Waals surface area (Å²) in [6, 6.07) is 3.92. The van der Waals surface area contributed by atoms with Crippen molar-refractivity contribution in [2.45, 2.75) is 32.6 Å². The van der Waals surface area contributed by atoms with Gasteiger partial charge in [0.05, 0.1) is 6.20 Å². The van der Waals surface area contributed by atoms with Crippen LogP contribution in [0.25, 0.3) is 5.65 Å². The van der Waals surface area contributed by atoms with Gasteiger partial charge in [0.25, 0.3) is 0 Å². The lowest BCUT2D eigenvalue weighted by Crippen LogP contribution is -2.20. The Bertz CT molecular complexity index is 511. The Hall–Kier alpha value is -1.58. The molecule has 0 amide bonds. The molecule has 4 heteroatoms. The summed E-state index contributed by atoms with van der Waals surface area (Å²) >= 11 is 0. The van der Waals surface area contributed by atoms with Crippen molar-refractivity contribution < 1.29 is 0 Å². The van der Waals surface area contributed by atoms with E-state index in [2.05, 4.69) is 22.3 Å². The first-order valence-electron chi connectivity index (χ1n) is 6.85. The van der Waals surface area contributed by atoms with Gasteiger partial charge < -0.3 is 5.32 Å². The van der Waals surface area contributed by atoms with Crippen molar-refractivity contribution in [3.05, 3.63) is 24.5 Å². The predicted octanol–water partition coefficient (Wildman–Crippen LogP) is 2.97. The van der Waals surface area contributed by atoms with E-state index < -0.39 is 0 Å². The van der Waals surface area contributed by atoms with Crippen LogP contribution in [0.2, 0.25) is 0 Å². The topological polar surface area (TPSA) is 42.2 Å². The molecule has 1 saturated carbocycles. The molecular formula is C14H20N4. The van der Waals surface area contributed by atoms with Gasteiger partial charge in [-0.3, -0.25) is 0 Å². The van der Waals surface area contributed by atoms with Crippen molar-refractivity contribution in [2.75, 3.05) is 11.9 Å². The average molecular weight is 244 g/mol. The lowest BCUT2D eigenvalue weighted by Gasteiger charge is -2.26. The van der Waals surface area contributed by atoms with Crippen molar-refractivity contribution in [1.29, 1.82) is 0 Å². The second kappa shape index (κ2) is 4.96. The maximum atomic E-state index is 4.52. The maximum absolute atomic E-state index is 4.52. The van der Waals surface area contributed by atoms with Gasteiger partial charge in [0, 0.05) is 18.8 Å². The number of rotatable bonds is 3. The van der Waals surface area contributed by atoms with E-state index in [1.165, 1.54) is 25.7 Å². The van der Waals surface area contributed by atoms with Crippen LogP contribution < -0.4 is 5.32 Å². The Kier molecular flexibility index (Phi) is 3.17. The van der Waals surface area contributed by atoms with Crippen LogP contribution in [0.3, 0.4) is 0 Å². The zero-order chi connectivity index (χ0) is 12.4. The van der Waals surface area contributed by atoms with E-state index in [0.29, 0.717) is 0 Å². The van der Waals surface area contributed by atoms with E-state index in [1.807, 2.05) is 18.3 Å². The van der Waals surface area contributed by atoms with Crippen molar-refractivity contribution in [1.82, 2.24) is 14.6 Å². The lowest BCUT2D eigenvalue weighted by molar-refractivity contribution is 0.300. The van der Waals surface area contributed by atoms with Crippen molar-refractivity contribution in [2.24, 2.45) is 11.8 Å². The smallest absolute Gasteiger partial charge is 0.157 e. The summed E-state index contributed by atoms with van der Waals surface area (Å²) in [4.78, 5) is 4.52. The number of fused-ring (bicyclic) bond motifs is 1. The largest absolute Gasteiger partial charge is 0.370 e. The predicted molar refractivity (Wildman–Crippen MR) is 72.6 cm³/mol. The molecule has 0 unspecified atom stereocenters. The first kappa shape index (κ1) is 11.5. The van der Waals surface area contributed by atoms with Crippen LogP contribution in [0.5, 0.6) is 0 Å². The minimum atomic E-state index is 0.809. The van der Waals surface area contributed by atoms with Gasteiger partial charge in [0.15, 0.2) is 5.65 Å². The van der Waals surface area contributed by atoms with Gasteiger partial charge in [-0.2, -0.15) is 5.10 Å². The molecule has 0 aromatic carbocycles. The van der Waals surface area contributed by atoms with Crippen LogP contribution in [0.4, 0.5) is 5.82 Å². The summed E-state index contributed by atoms with van der Waals surface area (Å²) in [6.45, 7) is 3.41. The number of anilines is 1. The minimum absolute atomic E-state index is 0.809. The van der Waals surface area contributed by atoms with Gasteiger partial charge in [0.1, 0.15) is 5.82 Å². The van der Waals surface area contributed by atoms with E-state index in [4.69, 9.17) is 0 Å². The van der Waals surface area contributed by atoms with Crippen LogP contribution in [0.1, 0.15) is 32.6 Å². The van der Waals surface area contributed by atoms with Crippen LogP contribution in [0, 0.1) is 11.8 Å². The molecule has 1 fully saturated rings. The Morgan fingerprint density at radius 3 is 2.94 bits per heavy atom. The molecule has 0 atom stereocenters. The molecule has 1 N–H and O–H groups in total. The Labute approximate surface area is 107 Å². The Balaban J connectivity index is 1.59. The second-order valence-corrected chi connectivity index (χ2v) is 5.45. The standard InChI is InChI=1S/C14H20N4/c1-11-2-4-12(5-3-11)10-15-13-7-9-18-14(17-13)6-8-16-18/h6-9,11-12H,2-5,10H2,1H3,(H,15,17). The summed E-state index contributed by atoms with van der Waals surface area (Å²) in [5.41, 5.74) is 0.900. The number of nitrogens with zero attached hydrogens (tertiary/aromatic N) is 3. The zero-order valence-electron chi connectivity index (χ0n) is 10.8. The van der Waals surface area contributed by atoms with Crippen LogP contribution in [0.15, 0.2) is 24.5 Å². The molecule has 0 spiro atoms. The molecule has 0 radical (unpaired) electrons. The van der Waals surface area contributed by atoms with E-state index >= 15 is 0 Å². The molecule has 96 valence electrons. The van der Waals surface area contributed by atoms with Gasteiger partial charge in [-0.15, -0.1) is 0 Å². The fourth-order valence-corrected chi connectivity index (χ4v) is 2.69. The summed E-state index contributed by atoms with van der Waals surface area (Å²) in [7, 11) is 0. The van der Waals surface area contributed by atoms with Crippen molar-refractivity contribution >= 4 is 11.5 Å². The fraction of sp³-hybridized carbons (Fsp3) is 0.571. The van der Waals surface area contributed by atoms with Crippen LogP contribution in [-0.4, -0.2) is 21.1 Å². The van der Waals surface area contributed by atoms with E-state index in [1.54, 1.807) is 10.7 Å². The van der Waals surface area contributed by atoms with E-state index in [9.17, 15) is 0 Å². The van der Waals surface area contributed by atoms with Gasteiger partial charge in [-0.1, -0.05) is 19.8 Å². The Morgan fingerprint density at radius 1 is 1.28 bits per heavy atom. The zero-order valence-corrected chi connectivity index (χ0v) is 10.8. The molecule has 2 heterocycles. The molecule has 0 bridgehead atoms. The summed E-state index contributed by atoms with van der Waals surface area (Å²) in [6.07, 6.45) is 9.18. The Morgan fingerprint density at radius 2 is 2.11 bits per heavy atom. The third-order valence-electron chi connectivity index (χ3n) is 3.97. The normalized spacial score (nSPS) is 24.3. The molecule has 3 rings (SSSR count). The van der Waals surface area contributed by atoms with Crippen LogP contribution >= 0.6 is 0 Å². The van der Waals surface area contributed by atoms with E-state index in [-0.39, 0.29) is 0 Å². The highest BCUT2D eigenvalue weighted by Crippen LogP contribution is 2.28. The highest BCUT2D eigenvalue weighted by Gasteiger charge is 2.17. The summed E-state index contributed by atoms with van der Waals surface area (Å²) in [5, 5.41) is 7.60. The van der Waals surface area contributed by atoms with Gasteiger partial charge >= 0.3 is 0 Å². The number of hydrogen-bond donors (Lipinski definition) is 1. The van der Waals surface area contributed by atoms with Crippen molar-refractivity contribution in [3.63, 3.8) is 0 Å².